The molecule has 0 radical (unpaired) electrons. The molecule has 1 atom stereocenters. The van der Waals surface area contributed by atoms with Gasteiger partial charge in [0.15, 0.2) is 0 Å². The molecule has 2 nitrogen and oxygen atoms in total. The van der Waals surface area contributed by atoms with Crippen LogP contribution >= 0.6 is 27.5 Å². The highest BCUT2D eigenvalue weighted by Gasteiger charge is 2.21. The Morgan fingerprint density at radius 3 is 2.70 bits per heavy atom. The van der Waals surface area contributed by atoms with Gasteiger partial charge in [-0.3, -0.25) is 0 Å². The van der Waals surface area contributed by atoms with Crippen molar-refractivity contribution in [1.82, 2.24) is 0 Å². The third-order valence-corrected chi connectivity index (χ3v) is 4.33. The molecule has 0 bridgehead atoms. The van der Waals surface area contributed by atoms with Crippen molar-refractivity contribution >= 4 is 38.5 Å². The van der Waals surface area contributed by atoms with Crippen LogP contribution in [0.15, 0.2) is 51.4 Å². The van der Waals surface area contributed by atoms with Crippen LogP contribution in [0.4, 0.5) is 4.39 Å². The van der Waals surface area contributed by atoms with E-state index in [1.807, 2.05) is 18.2 Å². The zero-order chi connectivity index (χ0) is 14.3. The maximum absolute atomic E-state index is 14.1. The molecule has 1 aromatic heterocycles. The molecule has 1 heterocycles. The van der Waals surface area contributed by atoms with Gasteiger partial charge in [0.2, 0.25) is 0 Å². The Bertz CT molecular complexity index is 752. The number of aliphatic hydroxyl groups excluding tert-OH is 1. The van der Waals surface area contributed by atoms with E-state index in [2.05, 4.69) is 15.9 Å². The zero-order valence-electron chi connectivity index (χ0n) is 10.1. The quantitative estimate of drug-likeness (QED) is 0.651. The Hall–Kier alpha value is -1.36. The Morgan fingerprint density at radius 2 is 1.95 bits per heavy atom. The van der Waals surface area contributed by atoms with Crippen molar-refractivity contribution in [3.8, 4) is 0 Å². The molecule has 102 valence electrons. The Kier molecular flexibility index (Phi) is 3.54. The highest BCUT2D eigenvalue weighted by atomic mass is 79.9. The van der Waals surface area contributed by atoms with Crippen LogP contribution in [0.5, 0.6) is 0 Å². The van der Waals surface area contributed by atoms with E-state index in [0.717, 1.165) is 5.39 Å². The Balaban J connectivity index is 2.08. The smallest absolute Gasteiger partial charge is 0.149 e. The highest BCUT2D eigenvalue weighted by molar-refractivity contribution is 9.10. The van der Waals surface area contributed by atoms with E-state index in [1.165, 1.54) is 6.07 Å². The van der Waals surface area contributed by atoms with E-state index in [4.69, 9.17) is 16.0 Å². The Morgan fingerprint density at radius 1 is 1.20 bits per heavy atom. The molecule has 1 N–H and O–H groups in total. The molecule has 0 saturated carbocycles. The lowest BCUT2D eigenvalue weighted by molar-refractivity contribution is 0.187. The molecule has 20 heavy (non-hydrogen) atoms. The lowest BCUT2D eigenvalue weighted by Crippen LogP contribution is -2.02. The number of rotatable bonds is 2. The number of furan rings is 1. The summed E-state index contributed by atoms with van der Waals surface area (Å²) in [6, 6.07) is 12.1. The van der Waals surface area contributed by atoms with Gasteiger partial charge in [0, 0.05) is 15.4 Å². The molecule has 3 aromatic rings. The van der Waals surface area contributed by atoms with Crippen LogP contribution < -0.4 is 0 Å². The van der Waals surface area contributed by atoms with Crippen molar-refractivity contribution < 1.29 is 13.9 Å². The van der Waals surface area contributed by atoms with Gasteiger partial charge in [0.1, 0.15) is 23.3 Å². The van der Waals surface area contributed by atoms with Crippen LogP contribution in [0.3, 0.4) is 0 Å². The van der Waals surface area contributed by atoms with Gasteiger partial charge < -0.3 is 9.52 Å². The predicted octanol–water partition coefficient (Wildman–Crippen LogP) is 5.07. The van der Waals surface area contributed by atoms with Crippen LogP contribution in [-0.2, 0) is 0 Å². The lowest BCUT2D eigenvalue weighted by atomic mass is 10.1. The van der Waals surface area contributed by atoms with Crippen LogP contribution in [0.2, 0.25) is 5.02 Å². The van der Waals surface area contributed by atoms with Gasteiger partial charge in [-0.05, 0) is 34.1 Å². The average molecular weight is 356 g/mol. The van der Waals surface area contributed by atoms with Gasteiger partial charge in [0.05, 0.1) is 5.02 Å². The number of hydrogen-bond acceptors (Lipinski definition) is 2. The molecule has 0 saturated heterocycles. The second-order valence-corrected chi connectivity index (χ2v) is 5.59. The summed E-state index contributed by atoms with van der Waals surface area (Å²) in [6.07, 6.45) is -1.20. The summed E-state index contributed by atoms with van der Waals surface area (Å²) >= 11 is 8.97. The SMILES string of the molecule is OC(c1cc2ccccc2o1)c1ccc(Br)c(Cl)c1F. The standard InChI is InChI=1S/C15H9BrClFO2/c16-10-6-5-9(14(18)13(10)17)15(19)12-7-8-3-1-2-4-11(8)20-12/h1-7,15,19H. The third kappa shape index (κ3) is 2.24. The van der Waals surface area contributed by atoms with Crippen LogP contribution in [0.1, 0.15) is 17.4 Å². The van der Waals surface area contributed by atoms with E-state index < -0.39 is 11.9 Å². The third-order valence-electron chi connectivity index (χ3n) is 3.07. The van der Waals surface area contributed by atoms with Crippen molar-refractivity contribution in [2.45, 2.75) is 6.10 Å². The lowest BCUT2D eigenvalue weighted by Gasteiger charge is -2.10. The normalized spacial score (nSPS) is 12.8. The van der Waals surface area contributed by atoms with Crippen LogP contribution in [-0.4, -0.2) is 5.11 Å². The summed E-state index contributed by atoms with van der Waals surface area (Å²) in [5.41, 5.74) is 0.724. The number of aliphatic hydroxyl groups is 1. The summed E-state index contributed by atoms with van der Waals surface area (Å²) in [6.45, 7) is 0. The second-order valence-electron chi connectivity index (χ2n) is 4.35. The first kappa shape index (κ1) is 13.6. The maximum Gasteiger partial charge on any atom is 0.149 e. The molecule has 0 amide bonds. The van der Waals surface area contributed by atoms with E-state index in [9.17, 15) is 9.50 Å². The first-order valence-electron chi connectivity index (χ1n) is 5.88. The van der Waals surface area contributed by atoms with E-state index in [-0.39, 0.29) is 16.3 Å². The fourth-order valence-corrected chi connectivity index (χ4v) is 2.52. The molecular formula is C15H9BrClFO2. The van der Waals surface area contributed by atoms with Crippen molar-refractivity contribution in [2.24, 2.45) is 0 Å². The maximum atomic E-state index is 14.1. The topological polar surface area (TPSA) is 33.4 Å². The van der Waals surface area contributed by atoms with Gasteiger partial charge in [-0.1, -0.05) is 35.9 Å². The Labute approximate surface area is 127 Å². The zero-order valence-corrected chi connectivity index (χ0v) is 12.5. The fourth-order valence-electron chi connectivity index (χ4n) is 2.04. The largest absolute Gasteiger partial charge is 0.458 e. The molecule has 0 aliphatic carbocycles. The van der Waals surface area contributed by atoms with E-state index in [0.29, 0.717) is 10.1 Å². The van der Waals surface area contributed by atoms with E-state index >= 15 is 0 Å². The van der Waals surface area contributed by atoms with Gasteiger partial charge in [-0.25, -0.2) is 4.39 Å². The van der Waals surface area contributed by atoms with Crippen molar-refractivity contribution in [2.75, 3.05) is 0 Å². The average Bonchev–Trinajstić information content (AvgIpc) is 2.88. The number of halogens is 3. The summed E-state index contributed by atoms with van der Waals surface area (Å²) in [7, 11) is 0. The summed E-state index contributed by atoms with van der Waals surface area (Å²) in [5.74, 6) is -0.377. The molecule has 2 aromatic carbocycles. The van der Waals surface area contributed by atoms with Crippen molar-refractivity contribution in [1.29, 1.82) is 0 Å². The summed E-state index contributed by atoms with van der Waals surface area (Å²) in [4.78, 5) is 0. The summed E-state index contributed by atoms with van der Waals surface area (Å²) < 4.78 is 20.1. The molecule has 3 rings (SSSR count). The number of benzene rings is 2. The predicted molar refractivity (Wildman–Crippen MR) is 79.4 cm³/mol. The van der Waals surface area contributed by atoms with E-state index in [1.54, 1.807) is 18.2 Å². The second kappa shape index (κ2) is 5.20. The van der Waals surface area contributed by atoms with Crippen molar-refractivity contribution in [3.05, 3.63) is 69.1 Å². The summed E-state index contributed by atoms with van der Waals surface area (Å²) in [5, 5.41) is 11.1. The number of para-hydroxylation sites is 1. The monoisotopic (exact) mass is 354 g/mol. The minimum Gasteiger partial charge on any atom is -0.458 e. The van der Waals surface area contributed by atoms with Crippen molar-refractivity contribution in [3.63, 3.8) is 0 Å². The van der Waals surface area contributed by atoms with Gasteiger partial charge in [-0.15, -0.1) is 0 Å². The first-order chi connectivity index (χ1) is 9.58. The molecule has 0 aliphatic rings. The minimum absolute atomic E-state index is 0.0577. The molecule has 5 heteroatoms. The van der Waals surface area contributed by atoms with Gasteiger partial charge >= 0.3 is 0 Å². The number of fused-ring (bicyclic) bond motifs is 1. The fraction of sp³-hybridized carbons (Fsp3) is 0.0667. The molecule has 0 spiro atoms. The number of hydrogen-bond donors (Lipinski definition) is 1. The van der Waals surface area contributed by atoms with Crippen LogP contribution in [0, 0.1) is 5.82 Å². The molecule has 1 unspecified atom stereocenters. The molecule has 0 fully saturated rings. The minimum atomic E-state index is -1.20. The molecular weight excluding hydrogens is 347 g/mol. The van der Waals surface area contributed by atoms with Gasteiger partial charge in [0.25, 0.3) is 0 Å². The first-order valence-corrected chi connectivity index (χ1v) is 7.05. The van der Waals surface area contributed by atoms with Crippen LogP contribution in [0.25, 0.3) is 11.0 Å². The molecule has 0 aliphatic heterocycles. The van der Waals surface area contributed by atoms with Gasteiger partial charge in [-0.2, -0.15) is 0 Å². The highest BCUT2D eigenvalue weighted by Crippen LogP contribution is 2.34.